The standard InChI is InChI=1S/C27H22N4O4S/c1-34-22-9-5-8-20(14-22)25-16-29-27(35-25)28-15-23(18-10-12-21(13-11-18)31(32)33)24-17-36-26(30-24)19-6-3-2-4-7-19/h2-14,16-17,23H,15H2,1H3,(H,28,29). The first kappa shape index (κ1) is 23.3. The third-order valence-electron chi connectivity index (χ3n) is 5.72. The number of hydrogen-bond acceptors (Lipinski definition) is 8. The number of oxazole rings is 1. The molecule has 0 aliphatic carbocycles. The third kappa shape index (κ3) is 5.11. The molecule has 0 aliphatic rings. The van der Waals surface area contributed by atoms with Crippen LogP contribution in [0.5, 0.6) is 5.75 Å². The molecule has 0 saturated carbocycles. The lowest BCUT2D eigenvalue weighted by Crippen LogP contribution is -2.14. The predicted molar refractivity (Wildman–Crippen MR) is 139 cm³/mol. The van der Waals surface area contributed by atoms with Crippen LogP contribution >= 0.6 is 11.3 Å². The number of non-ortho nitro benzene ring substituents is 1. The van der Waals surface area contributed by atoms with Gasteiger partial charge < -0.3 is 14.5 Å². The summed E-state index contributed by atoms with van der Waals surface area (Å²) in [5.74, 6) is 1.17. The Morgan fingerprint density at radius 3 is 2.58 bits per heavy atom. The molecule has 0 saturated heterocycles. The summed E-state index contributed by atoms with van der Waals surface area (Å²) in [4.78, 5) is 20.0. The highest BCUT2D eigenvalue weighted by Gasteiger charge is 2.20. The fourth-order valence-electron chi connectivity index (χ4n) is 3.84. The van der Waals surface area contributed by atoms with Crippen molar-refractivity contribution in [2.45, 2.75) is 5.92 Å². The molecule has 0 bridgehead atoms. The van der Waals surface area contributed by atoms with Crippen LogP contribution in [0.4, 0.5) is 11.7 Å². The Labute approximate surface area is 211 Å². The summed E-state index contributed by atoms with van der Waals surface area (Å²) in [7, 11) is 1.62. The van der Waals surface area contributed by atoms with Crippen molar-refractivity contribution in [3.05, 3.63) is 112 Å². The minimum Gasteiger partial charge on any atom is -0.497 e. The predicted octanol–water partition coefficient (Wildman–Crippen LogP) is 6.63. The third-order valence-corrected chi connectivity index (χ3v) is 6.63. The molecule has 0 radical (unpaired) electrons. The number of methoxy groups -OCH3 is 1. The van der Waals surface area contributed by atoms with Gasteiger partial charge in [0.05, 0.1) is 23.9 Å². The van der Waals surface area contributed by atoms with Gasteiger partial charge in [0.2, 0.25) is 0 Å². The molecule has 5 rings (SSSR count). The van der Waals surface area contributed by atoms with Crippen LogP contribution in [0, 0.1) is 10.1 Å². The van der Waals surface area contributed by atoms with Crippen molar-refractivity contribution in [1.82, 2.24) is 9.97 Å². The quantitative estimate of drug-likeness (QED) is 0.180. The number of nitrogens with one attached hydrogen (secondary N) is 1. The summed E-state index contributed by atoms with van der Waals surface area (Å²) in [5.41, 5.74) is 3.70. The van der Waals surface area contributed by atoms with Gasteiger partial charge in [0.15, 0.2) is 5.76 Å². The molecule has 0 spiro atoms. The molecule has 3 aromatic carbocycles. The summed E-state index contributed by atoms with van der Waals surface area (Å²) in [6, 6.07) is 24.5. The summed E-state index contributed by atoms with van der Waals surface area (Å²) in [6.07, 6.45) is 1.66. The second kappa shape index (κ2) is 10.4. The molecule has 0 amide bonds. The number of nitrogens with zero attached hydrogens (tertiary/aromatic N) is 3. The first-order chi connectivity index (χ1) is 17.6. The van der Waals surface area contributed by atoms with E-state index in [1.54, 1.807) is 36.8 Å². The Bertz CT molecular complexity index is 1460. The molecule has 180 valence electrons. The topological polar surface area (TPSA) is 103 Å². The zero-order valence-electron chi connectivity index (χ0n) is 19.3. The van der Waals surface area contributed by atoms with E-state index in [1.807, 2.05) is 60.0 Å². The highest BCUT2D eigenvalue weighted by molar-refractivity contribution is 7.13. The summed E-state index contributed by atoms with van der Waals surface area (Å²) >= 11 is 1.56. The largest absolute Gasteiger partial charge is 0.497 e. The van der Waals surface area contributed by atoms with Gasteiger partial charge in [-0.15, -0.1) is 11.3 Å². The maximum Gasteiger partial charge on any atom is 0.295 e. The van der Waals surface area contributed by atoms with Gasteiger partial charge in [0, 0.05) is 41.1 Å². The molecule has 1 unspecified atom stereocenters. The molecule has 0 fully saturated rings. The zero-order valence-corrected chi connectivity index (χ0v) is 20.1. The summed E-state index contributed by atoms with van der Waals surface area (Å²) < 4.78 is 11.2. The number of hydrogen-bond donors (Lipinski definition) is 1. The Morgan fingerprint density at radius 2 is 1.83 bits per heavy atom. The number of nitro benzene ring substituents is 1. The molecule has 2 heterocycles. The molecule has 0 aliphatic heterocycles. The van der Waals surface area contributed by atoms with Crippen molar-refractivity contribution in [2.24, 2.45) is 0 Å². The van der Waals surface area contributed by atoms with E-state index in [1.165, 1.54) is 12.1 Å². The van der Waals surface area contributed by atoms with Crippen LogP contribution in [0.1, 0.15) is 17.2 Å². The van der Waals surface area contributed by atoms with Crippen molar-refractivity contribution in [3.8, 4) is 27.6 Å². The minimum atomic E-state index is -0.403. The lowest BCUT2D eigenvalue weighted by molar-refractivity contribution is -0.384. The number of benzene rings is 3. The SMILES string of the molecule is COc1cccc(-c2cnc(NCC(c3ccc([N+](=O)[O-])cc3)c3csc(-c4ccccc4)n3)o2)c1. The van der Waals surface area contributed by atoms with Crippen molar-refractivity contribution in [3.63, 3.8) is 0 Å². The fourth-order valence-corrected chi connectivity index (χ4v) is 4.72. The van der Waals surface area contributed by atoms with E-state index in [4.69, 9.17) is 14.1 Å². The van der Waals surface area contributed by atoms with Crippen LogP contribution in [-0.2, 0) is 0 Å². The number of ether oxygens (including phenoxy) is 1. The molecule has 2 aromatic heterocycles. The van der Waals surface area contributed by atoms with Crippen LogP contribution < -0.4 is 10.1 Å². The van der Waals surface area contributed by atoms with Gasteiger partial charge >= 0.3 is 0 Å². The van der Waals surface area contributed by atoms with Crippen LogP contribution in [0.25, 0.3) is 21.9 Å². The van der Waals surface area contributed by atoms with E-state index >= 15 is 0 Å². The van der Waals surface area contributed by atoms with E-state index in [0.717, 1.165) is 33.1 Å². The average molecular weight is 499 g/mol. The van der Waals surface area contributed by atoms with Gasteiger partial charge in [-0.3, -0.25) is 10.1 Å². The number of anilines is 1. The number of aromatic nitrogens is 2. The molecule has 9 heteroatoms. The van der Waals surface area contributed by atoms with Crippen molar-refractivity contribution >= 4 is 23.0 Å². The maximum atomic E-state index is 11.1. The lowest BCUT2D eigenvalue weighted by Gasteiger charge is -2.15. The normalized spacial score (nSPS) is 11.7. The average Bonchev–Trinajstić information content (AvgIpc) is 3.60. The zero-order chi connectivity index (χ0) is 24.9. The van der Waals surface area contributed by atoms with Crippen molar-refractivity contribution in [1.29, 1.82) is 0 Å². The van der Waals surface area contributed by atoms with Gasteiger partial charge in [-0.25, -0.2) is 9.97 Å². The highest BCUT2D eigenvalue weighted by Crippen LogP contribution is 2.32. The summed E-state index contributed by atoms with van der Waals surface area (Å²) in [6.45, 7) is 0.438. The highest BCUT2D eigenvalue weighted by atomic mass is 32.1. The van der Waals surface area contributed by atoms with Crippen LogP contribution in [-0.4, -0.2) is 28.5 Å². The van der Waals surface area contributed by atoms with Gasteiger partial charge in [-0.2, -0.15) is 0 Å². The van der Waals surface area contributed by atoms with Crippen LogP contribution in [0.3, 0.4) is 0 Å². The first-order valence-corrected chi connectivity index (χ1v) is 12.1. The first-order valence-electron chi connectivity index (χ1n) is 11.2. The van der Waals surface area contributed by atoms with E-state index in [9.17, 15) is 10.1 Å². The lowest BCUT2D eigenvalue weighted by atomic mass is 9.96. The van der Waals surface area contributed by atoms with Crippen molar-refractivity contribution in [2.75, 3.05) is 19.0 Å². The Kier molecular flexibility index (Phi) is 6.72. The molecule has 8 nitrogen and oxygen atoms in total. The Morgan fingerprint density at radius 1 is 1.06 bits per heavy atom. The second-order valence-corrected chi connectivity index (χ2v) is 8.85. The smallest absolute Gasteiger partial charge is 0.295 e. The molecular weight excluding hydrogens is 476 g/mol. The van der Waals surface area contributed by atoms with Crippen molar-refractivity contribution < 1.29 is 14.1 Å². The van der Waals surface area contributed by atoms with Gasteiger partial charge in [0.25, 0.3) is 11.7 Å². The minimum absolute atomic E-state index is 0.0457. The number of nitro groups is 1. The van der Waals surface area contributed by atoms with E-state index < -0.39 is 4.92 Å². The summed E-state index contributed by atoms with van der Waals surface area (Å²) in [5, 5.41) is 17.3. The maximum absolute atomic E-state index is 11.1. The van der Waals surface area contributed by atoms with E-state index in [-0.39, 0.29) is 11.6 Å². The Balaban J connectivity index is 1.40. The van der Waals surface area contributed by atoms with E-state index in [2.05, 4.69) is 10.3 Å². The van der Waals surface area contributed by atoms with Crippen LogP contribution in [0.15, 0.2) is 94.9 Å². The molecule has 1 atom stereocenters. The Hall–Kier alpha value is -4.50. The van der Waals surface area contributed by atoms with Gasteiger partial charge in [-0.1, -0.05) is 54.6 Å². The number of rotatable bonds is 9. The van der Waals surface area contributed by atoms with Gasteiger partial charge in [0.1, 0.15) is 10.8 Å². The van der Waals surface area contributed by atoms with E-state index in [0.29, 0.717) is 18.3 Å². The molecular formula is C27H22N4O4S. The number of thiazole rings is 1. The molecule has 1 N–H and O–H groups in total. The van der Waals surface area contributed by atoms with Crippen LogP contribution in [0.2, 0.25) is 0 Å². The van der Waals surface area contributed by atoms with Gasteiger partial charge in [-0.05, 0) is 17.7 Å². The molecule has 36 heavy (non-hydrogen) atoms. The fraction of sp³-hybridized carbons (Fsp3) is 0.111. The molecule has 5 aromatic rings. The second-order valence-electron chi connectivity index (χ2n) is 7.99. The monoisotopic (exact) mass is 498 g/mol.